The molecule has 0 aliphatic carbocycles. The summed E-state index contributed by atoms with van der Waals surface area (Å²) in [7, 11) is 0. The van der Waals surface area contributed by atoms with Crippen molar-refractivity contribution in [2.75, 3.05) is 23.7 Å². The molecule has 1 saturated heterocycles. The second-order valence-corrected chi connectivity index (χ2v) is 9.04. The van der Waals surface area contributed by atoms with E-state index in [1.54, 1.807) is 4.90 Å². The van der Waals surface area contributed by atoms with Gasteiger partial charge in [-0.3, -0.25) is 14.4 Å². The summed E-state index contributed by atoms with van der Waals surface area (Å²) >= 11 is 1.30. The summed E-state index contributed by atoms with van der Waals surface area (Å²) in [5.41, 5.74) is 3.78. The molecule has 30 heavy (non-hydrogen) atoms. The number of para-hydroxylation sites is 1. The van der Waals surface area contributed by atoms with Gasteiger partial charge < -0.3 is 15.5 Å². The van der Waals surface area contributed by atoms with Gasteiger partial charge in [0, 0.05) is 29.6 Å². The summed E-state index contributed by atoms with van der Waals surface area (Å²) in [6, 6.07) is 13.4. The van der Waals surface area contributed by atoms with Crippen molar-refractivity contribution in [3.8, 4) is 0 Å². The number of anilines is 2. The number of carbonyl (C=O) groups excluding carboxylic acids is 3. The van der Waals surface area contributed by atoms with Crippen LogP contribution in [0.5, 0.6) is 0 Å². The minimum absolute atomic E-state index is 0.00670. The largest absolute Gasteiger partial charge is 0.341 e. The van der Waals surface area contributed by atoms with Gasteiger partial charge in [-0.1, -0.05) is 29.8 Å². The first-order valence-electron chi connectivity index (χ1n) is 10.2. The van der Waals surface area contributed by atoms with Crippen LogP contribution in [-0.4, -0.2) is 41.0 Å². The second-order valence-electron chi connectivity index (χ2n) is 7.89. The van der Waals surface area contributed by atoms with Crippen molar-refractivity contribution in [1.29, 1.82) is 0 Å². The van der Waals surface area contributed by atoms with Gasteiger partial charge in [-0.2, -0.15) is 0 Å². The van der Waals surface area contributed by atoms with Crippen molar-refractivity contribution in [1.82, 2.24) is 4.90 Å². The topological polar surface area (TPSA) is 78.5 Å². The van der Waals surface area contributed by atoms with Crippen molar-refractivity contribution >= 4 is 40.9 Å². The van der Waals surface area contributed by atoms with Crippen LogP contribution in [0.25, 0.3) is 0 Å². The molecule has 6 nitrogen and oxygen atoms in total. The Morgan fingerprint density at radius 3 is 2.57 bits per heavy atom. The van der Waals surface area contributed by atoms with Crippen LogP contribution in [0.4, 0.5) is 11.4 Å². The Hall–Kier alpha value is -2.80. The Kier molecular flexibility index (Phi) is 5.81. The fraction of sp³-hybridized carbons (Fsp3) is 0.348. The van der Waals surface area contributed by atoms with Gasteiger partial charge in [-0.15, -0.1) is 11.8 Å². The van der Waals surface area contributed by atoms with E-state index in [9.17, 15) is 14.4 Å². The van der Waals surface area contributed by atoms with Crippen molar-refractivity contribution < 1.29 is 14.4 Å². The van der Waals surface area contributed by atoms with Crippen LogP contribution < -0.4 is 10.6 Å². The maximum atomic E-state index is 13.0. The van der Waals surface area contributed by atoms with E-state index in [-0.39, 0.29) is 23.6 Å². The first-order chi connectivity index (χ1) is 14.4. The maximum Gasteiger partial charge on any atom is 0.247 e. The lowest BCUT2D eigenvalue weighted by atomic mass is 9.95. The highest BCUT2D eigenvalue weighted by Gasteiger charge is 2.37. The van der Waals surface area contributed by atoms with Crippen molar-refractivity contribution in [2.45, 2.75) is 36.8 Å². The van der Waals surface area contributed by atoms with E-state index < -0.39 is 5.25 Å². The number of hydrogen-bond donors (Lipinski definition) is 2. The summed E-state index contributed by atoms with van der Waals surface area (Å²) in [5, 5.41) is 5.07. The summed E-state index contributed by atoms with van der Waals surface area (Å²) in [5.74, 6) is -0.602. The van der Waals surface area contributed by atoms with Crippen molar-refractivity contribution in [3.05, 3.63) is 53.6 Å². The van der Waals surface area contributed by atoms with E-state index in [1.807, 2.05) is 56.3 Å². The van der Waals surface area contributed by atoms with Crippen molar-refractivity contribution in [2.24, 2.45) is 5.92 Å². The van der Waals surface area contributed by atoms with Crippen LogP contribution in [0, 0.1) is 19.8 Å². The molecule has 2 heterocycles. The average molecular weight is 424 g/mol. The average Bonchev–Trinajstić information content (AvgIpc) is 2.75. The summed E-state index contributed by atoms with van der Waals surface area (Å²) in [6.45, 7) is 4.97. The number of nitrogens with zero attached hydrogens (tertiary/aromatic N) is 1. The number of hydrogen-bond acceptors (Lipinski definition) is 4. The van der Waals surface area contributed by atoms with Crippen LogP contribution in [0.1, 0.15) is 24.0 Å². The Labute approximate surface area is 180 Å². The van der Waals surface area contributed by atoms with Gasteiger partial charge >= 0.3 is 0 Å². The zero-order valence-corrected chi connectivity index (χ0v) is 17.9. The molecular formula is C23H25N3O3S. The van der Waals surface area contributed by atoms with Crippen LogP contribution in [0.3, 0.4) is 0 Å². The van der Waals surface area contributed by atoms with Gasteiger partial charge in [-0.25, -0.2) is 0 Å². The number of aryl methyl sites for hydroxylation is 2. The van der Waals surface area contributed by atoms with E-state index >= 15 is 0 Å². The number of piperidine rings is 1. The highest BCUT2D eigenvalue weighted by atomic mass is 32.2. The molecule has 0 aromatic heterocycles. The smallest absolute Gasteiger partial charge is 0.247 e. The first kappa shape index (κ1) is 20.5. The summed E-state index contributed by atoms with van der Waals surface area (Å²) < 4.78 is 0. The molecule has 3 amide bonds. The third-order valence-electron chi connectivity index (χ3n) is 5.67. The molecule has 2 N–H and O–H groups in total. The lowest BCUT2D eigenvalue weighted by Crippen LogP contribution is -2.48. The number of nitrogens with one attached hydrogen (secondary N) is 2. The summed E-state index contributed by atoms with van der Waals surface area (Å²) in [4.78, 5) is 40.7. The fourth-order valence-electron chi connectivity index (χ4n) is 3.93. The molecule has 2 aliphatic rings. The Balaban J connectivity index is 1.34. The molecule has 4 rings (SSSR count). The van der Waals surface area contributed by atoms with Gasteiger partial charge in [0.2, 0.25) is 17.7 Å². The normalized spacial score (nSPS) is 19.1. The van der Waals surface area contributed by atoms with Gasteiger partial charge in [0.1, 0.15) is 0 Å². The zero-order valence-electron chi connectivity index (χ0n) is 17.1. The lowest BCUT2D eigenvalue weighted by Gasteiger charge is -2.34. The molecule has 2 aromatic rings. The minimum Gasteiger partial charge on any atom is -0.341 e. The Morgan fingerprint density at radius 1 is 1.10 bits per heavy atom. The number of rotatable bonds is 3. The number of carbonyl (C=O) groups is 3. The molecule has 7 heteroatoms. The molecule has 0 bridgehead atoms. The van der Waals surface area contributed by atoms with Crippen LogP contribution >= 0.6 is 11.8 Å². The zero-order chi connectivity index (χ0) is 21.3. The molecule has 0 saturated carbocycles. The number of likely N-dealkylation sites (tertiary alicyclic amines) is 1. The quantitative estimate of drug-likeness (QED) is 0.740. The van der Waals surface area contributed by atoms with Crippen LogP contribution in [0.15, 0.2) is 47.4 Å². The van der Waals surface area contributed by atoms with Gasteiger partial charge in [-0.05, 0) is 50.5 Å². The molecule has 1 atom stereocenters. The van der Waals surface area contributed by atoms with E-state index in [1.165, 1.54) is 11.8 Å². The molecule has 2 aliphatic heterocycles. The summed E-state index contributed by atoms with van der Waals surface area (Å²) in [6.07, 6.45) is 1.19. The highest BCUT2D eigenvalue weighted by Crippen LogP contribution is 2.36. The second kappa shape index (κ2) is 8.52. The Morgan fingerprint density at radius 2 is 1.83 bits per heavy atom. The SMILES string of the molecule is Cc1ccc(NC(=O)C2CCN(C(=O)[C@H]3Sc4ccccc4NC3=O)CC2)c(C)c1. The van der Waals surface area contributed by atoms with Gasteiger partial charge in [0.25, 0.3) is 0 Å². The van der Waals surface area contributed by atoms with Gasteiger partial charge in [0.15, 0.2) is 5.25 Å². The molecule has 0 radical (unpaired) electrons. The standard InChI is InChI=1S/C23H25N3O3S/c1-14-7-8-17(15(2)13-14)24-21(27)16-9-11-26(12-10-16)23(29)20-22(28)25-18-5-3-4-6-19(18)30-20/h3-8,13,16,20H,9-12H2,1-2H3,(H,24,27)(H,25,28)/t20-/m0/s1. The van der Waals surface area contributed by atoms with Crippen LogP contribution in [-0.2, 0) is 14.4 Å². The van der Waals surface area contributed by atoms with E-state index in [0.29, 0.717) is 25.9 Å². The molecule has 2 aromatic carbocycles. The first-order valence-corrected chi connectivity index (χ1v) is 11.0. The highest BCUT2D eigenvalue weighted by molar-refractivity contribution is 8.01. The molecule has 1 fully saturated rings. The monoisotopic (exact) mass is 423 g/mol. The predicted molar refractivity (Wildman–Crippen MR) is 119 cm³/mol. The third-order valence-corrected chi connectivity index (χ3v) is 6.93. The molecule has 0 unspecified atom stereocenters. The number of benzene rings is 2. The number of thioether (sulfide) groups is 1. The molecule has 156 valence electrons. The van der Waals surface area contributed by atoms with Crippen LogP contribution in [0.2, 0.25) is 0 Å². The van der Waals surface area contributed by atoms with Gasteiger partial charge in [0.05, 0.1) is 5.69 Å². The van der Waals surface area contributed by atoms with E-state index in [4.69, 9.17) is 0 Å². The lowest BCUT2D eigenvalue weighted by molar-refractivity contribution is -0.136. The number of amides is 3. The van der Waals surface area contributed by atoms with E-state index in [2.05, 4.69) is 10.6 Å². The maximum absolute atomic E-state index is 13.0. The Bertz CT molecular complexity index is 999. The third kappa shape index (κ3) is 4.21. The van der Waals surface area contributed by atoms with Crippen molar-refractivity contribution in [3.63, 3.8) is 0 Å². The molecular weight excluding hydrogens is 398 g/mol. The molecule has 0 spiro atoms. The van der Waals surface area contributed by atoms with E-state index in [0.717, 1.165) is 27.4 Å². The number of fused-ring (bicyclic) bond motifs is 1. The fourth-order valence-corrected chi connectivity index (χ4v) is 5.00. The minimum atomic E-state index is -0.777. The predicted octanol–water partition coefficient (Wildman–Crippen LogP) is 3.59.